The van der Waals surface area contributed by atoms with E-state index in [4.69, 9.17) is 0 Å². The minimum absolute atomic E-state index is 0.135. The molecule has 2 aromatic rings. The first-order valence-electron chi connectivity index (χ1n) is 6.62. The number of hydrogen-bond acceptors (Lipinski definition) is 3. The zero-order valence-corrected chi connectivity index (χ0v) is 10.9. The molecule has 1 saturated carbocycles. The van der Waals surface area contributed by atoms with Gasteiger partial charge in [-0.1, -0.05) is 18.2 Å². The lowest BCUT2D eigenvalue weighted by molar-refractivity contribution is 0.476. The fourth-order valence-corrected chi connectivity index (χ4v) is 2.34. The fraction of sp³-hybridized carbons (Fsp3) is 0.429. The van der Waals surface area contributed by atoms with Gasteiger partial charge < -0.3 is 5.32 Å². The molecule has 100 valence electrons. The second kappa shape index (κ2) is 4.74. The van der Waals surface area contributed by atoms with E-state index in [1.807, 2.05) is 19.1 Å². The van der Waals surface area contributed by atoms with E-state index in [0.29, 0.717) is 6.54 Å². The molecule has 1 heterocycles. The van der Waals surface area contributed by atoms with Crippen molar-refractivity contribution in [2.45, 2.75) is 38.4 Å². The zero-order chi connectivity index (χ0) is 13.3. The van der Waals surface area contributed by atoms with Gasteiger partial charge in [-0.05, 0) is 25.8 Å². The van der Waals surface area contributed by atoms with Crippen LogP contribution in [-0.4, -0.2) is 15.0 Å². The van der Waals surface area contributed by atoms with Crippen molar-refractivity contribution in [3.8, 4) is 0 Å². The number of rotatable bonds is 5. The first kappa shape index (κ1) is 12.3. The van der Waals surface area contributed by atoms with Gasteiger partial charge in [0.2, 0.25) is 0 Å². The largest absolute Gasteiger partial charge is 0.301 e. The van der Waals surface area contributed by atoms with Crippen molar-refractivity contribution >= 4 is 0 Å². The molecule has 19 heavy (non-hydrogen) atoms. The molecule has 3 rings (SSSR count). The number of aromatic nitrogens is 3. The molecule has 1 fully saturated rings. The second-order valence-corrected chi connectivity index (χ2v) is 4.94. The van der Waals surface area contributed by atoms with E-state index in [1.54, 1.807) is 17.1 Å². The van der Waals surface area contributed by atoms with Crippen LogP contribution in [-0.2, 0) is 18.6 Å². The van der Waals surface area contributed by atoms with Gasteiger partial charge in [0.15, 0.2) is 0 Å². The van der Waals surface area contributed by atoms with Crippen LogP contribution in [0.4, 0.5) is 4.39 Å². The van der Waals surface area contributed by atoms with Crippen LogP contribution in [0.3, 0.4) is 0 Å². The molecule has 0 amide bonds. The van der Waals surface area contributed by atoms with E-state index in [0.717, 1.165) is 30.6 Å². The van der Waals surface area contributed by atoms with Crippen LogP contribution >= 0.6 is 0 Å². The number of halogens is 1. The molecule has 0 bridgehead atoms. The molecule has 0 unspecified atom stereocenters. The van der Waals surface area contributed by atoms with Gasteiger partial charge in [-0.15, -0.1) is 0 Å². The summed E-state index contributed by atoms with van der Waals surface area (Å²) in [7, 11) is 0. The van der Waals surface area contributed by atoms with Crippen LogP contribution in [0.25, 0.3) is 0 Å². The van der Waals surface area contributed by atoms with Gasteiger partial charge in [-0.3, -0.25) is 0 Å². The summed E-state index contributed by atoms with van der Waals surface area (Å²) in [5.74, 6) is -0.135. The minimum Gasteiger partial charge on any atom is -0.301 e. The number of nitrogens with one attached hydrogen (secondary N) is 1. The van der Waals surface area contributed by atoms with E-state index < -0.39 is 0 Å². The Bertz CT molecular complexity index is 574. The molecule has 0 radical (unpaired) electrons. The normalized spacial score (nSPS) is 16.5. The van der Waals surface area contributed by atoms with Crippen LogP contribution in [0.2, 0.25) is 0 Å². The smallest absolute Gasteiger partial charge is 0.128 e. The van der Waals surface area contributed by atoms with Crippen LogP contribution in [0, 0.1) is 5.82 Å². The molecule has 1 aromatic carbocycles. The van der Waals surface area contributed by atoms with Crippen LogP contribution in [0.5, 0.6) is 0 Å². The molecule has 0 saturated heterocycles. The van der Waals surface area contributed by atoms with E-state index in [-0.39, 0.29) is 11.4 Å². The number of aryl methyl sites for hydroxylation is 1. The van der Waals surface area contributed by atoms with E-state index in [1.165, 1.54) is 6.07 Å². The highest BCUT2D eigenvalue weighted by Crippen LogP contribution is 2.46. The molecule has 0 atom stereocenters. The van der Waals surface area contributed by atoms with Crippen molar-refractivity contribution in [2.75, 3.05) is 0 Å². The average Bonchev–Trinajstić information content (AvgIpc) is 3.07. The van der Waals surface area contributed by atoms with Crippen molar-refractivity contribution in [1.29, 1.82) is 0 Å². The summed E-state index contributed by atoms with van der Waals surface area (Å²) in [4.78, 5) is 1.65. The van der Waals surface area contributed by atoms with Gasteiger partial charge in [0, 0.05) is 17.6 Å². The molecule has 5 heteroatoms. The Labute approximate surface area is 111 Å². The number of hydrogen-bond donors (Lipinski definition) is 1. The predicted molar refractivity (Wildman–Crippen MR) is 69.8 cm³/mol. The summed E-state index contributed by atoms with van der Waals surface area (Å²) < 4.78 is 13.8. The highest BCUT2D eigenvalue weighted by molar-refractivity contribution is 5.31. The monoisotopic (exact) mass is 260 g/mol. The van der Waals surface area contributed by atoms with Crippen molar-refractivity contribution < 1.29 is 4.39 Å². The fourth-order valence-electron chi connectivity index (χ4n) is 2.34. The summed E-state index contributed by atoms with van der Waals surface area (Å²) in [6.45, 7) is 3.38. The summed E-state index contributed by atoms with van der Waals surface area (Å²) in [6.07, 6.45) is 3.69. The Balaban J connectivity index is 1.71. The molecule has 0 spiro atoms. The predicted octanol–water partition coefficient (Wildman–Crippen LogP) is 2.22. The van der Waals surface area contributed by atoms with Gasteiger partial charge in [-0.2, -0.15) is 15.0 Å². The Morgan fingerprint density at radius 1 is 1.37 bits per heavy atom. The van der Waals surface area contributed by atoms with Crippen LogP contribution in [0.1, 0.15) is 31.0 Å². The summed E-state index contributed by atoms with van der Waals surface area (Å²) in [5.41, 5.74) is 1.45. The standard InChI is InChI=1S/C14H17FN4/c1-2-19-17-10-11(18-19)9-16-14(7-8-14)12-5-3-4-6-13(12)15/h3-6,10,16H,2,7-9H2,1H3. The Kier molecular flexibility index (Phi) is 3.06. The molecular formula is C14H17FN4. The number of nitrogens with zero attached hydrogens (tertiary/aromatic N) is 3. The second-order valence-electron chi connectivity index (χ2n) is 4.94. The molecule has 1 N–H and O–H groups in total. The van der Waals surface area contributed by atoms with E-state index in [2.05, 4.69) is 15.5 Å². The molecule has 1 aliphatic rings. The third kappa shape index (κ3) is 2.38. The van der Waals surface area contributed by atoms with Gasteiger partial charge in [0.05, 0.1) is 18.4 Å². The minimum atomic E-state index is -0.207. The van der Waals surface area contributed by atoms with Crippen molar-refractivity contribution in [3.05, 3.63) is 47.5 Å². The third-order valence-electron chi connectivity index (χ3n) is 3.61. The quantitative estimate of drug-likeness (QED) is 0.896. The maximum atomic E-state index is 13.8. The summed E-state index contributed by atoms with van der Waals surface area (Å²) in [6, 6.07) is 6.98. The average molecular weight is 260 g/mol. The van der Waals surface area contributed by atoms with E-state index in [9.17, 15) is 4.39 Å². The first-order valence-corrected chi connectivity index (χ1v) is 6.62. The SMILES string of the molecule is CCn1ncc(CNC2(c3ccccc3F)CC2)n1. The van der Waals surface area contributed by atoms with Crippen LogP contribution < -0.4 is 5.32 Å². The third-order valence-corrected chi connectivity index (χ3v) is 3.61. The first-order chi connectivity index (χ1) is 9.23. The van der Waals surface area contributed by atoms with Crippen molar-refractivity contribution in [2.24, 2.45) is 0 Å². The van der Waals surface area contributed by atoms with E-state index >= 15 is 0 Å². The Morgan fingerprint density at radius 2 is 2.16 bits per heavy atom. The Hall–Kier alpha value is -1.75. The maximum Gasteiger partial charge on any atom is 0.128 e. The van der Waals surface area contributed by atoms with Gasteiger partial charge in [-0.25, -0.2) is 4.39 Å². The van der Waals surface area contributed by atoms with Crippen LogP contribution in [0.15, 0.2) is 30.5 Å². The lowest BCUT2D eigenvalue weighted by Gasteiger charge is -2.17. The topological polar surface area (TPSA) is 42.7 Å². The lowest BCUT2D eigenvalue weighted by Crippen LogP contribution is -2.29. The Morgan fingerprint density at radius 3 is 2.79 bits per heavy atom. The highest BCUT2D eigenvalue weighted by Gasteiger charge is 2.45. The lowest BCUT2D eigenvalue weighted by atomic mass is 10.0. The zero-order valence-electron chi connectivity index (χ0n) is 10.9. The molecular weight excluding hydrogens is 243 g/mol. The van der Waals surface area contributed by atoms with Crippen molar-refractivity contribution in [3.63, 3.8) is 0 Å². The maximum absolute atomic E-state index is 13.8. The summed E-state index contributed by atoms with van der Waals surface area (Å²) >= 11 is 0. The van der Waals surface area contributed by atoms with Gasteiger partial charge in [0.25, 0.3) is 0 Å². The van der Waals surface area contributed by atoms with Gasteiger partial charge in [0.1, 0.15) is 5.82 Å². The highest BCUT2D eigenvalue weighted by atomic mass is 19.1. The number of benzene rings is 1. The van der Waals surface area contributed by atoms with Gasteiger partial charge >= 0.3 is 0 Å². The summed E-state index contributed by atoms with van der Waals surface area (Å²) in [5, 5.41) is 11.9. The molecule has 1 aliphatic carbocycles. The molecule has 4 nitrogen and oxygen atoms in total. The molecule has 1 aromatic heterocycles. The molecule has 0 aliphatic heterocycles. The van der Waals surface area contributed by atoms with Crippen molar-refractivity contribution in [1.82, 2.24) is 20.3 Å².